The average Bonchev–Trinajstić information content (AvgIpc) is 2.69. The Morgan fingerprint density at radius 1 is 1.47 bits per heavy atom. The summed E-state index contributed by atoms with van der Waals surface area (Å²) in [6.07, 6.45) is 3.31. The molecule has 1 amide bonds. The Labute approximate surface area is 111 Å². The highest BCUT2D eigenvalue weighted by atomic mass is 79.9. The van der Waals surface area contributed by atoms with Crippen molar-refractivity contribution in [1.29, 1.82) is 0 Å². The predicted molar refractivity (Wildman–Crippen MR) is 73.1 cm³/mol. The Kier molecular flexibility index (Phi) is 3.87. The van der Waals surface area contributed by atoms with Crippen molar-refractivity contribution in [3.8, 4) is 0 Å². The monoisotopic (exact) mass is 295 g/mol. The van der Waals surface area contributed by atoms with Crippen molar-refractivity contribution in [2.75, 3.05) is 0 Å². The molecule has 0 aliphatic carbocycles. The first kappa shape index (κ1) is 12.6. The zero-order chi connectivity index (χ0) is 12.4. The lowest BCUT2D eigenvalue weighted by molar-refractivity contribution is 0.0676. The van der Waals surface area contributed by atoms with Gasteiger partial charge in [0.1, 0.15) is 0 Å². The molecule has 0 N–H and O–H groups in total. The molecule has 1 saturated heterocycles. The van der Waals surface area contributed by atoms with E-state index in [9.17, 15) is 4.79 Å². The number of rotatable bonds is 2. The maximum absolute atomic E-state index is 12.5. The number of benzene rings is 1. The molecule has 2 atom stereocenters. The van der Waals surface area contributed by atoms with E-state index in [-0.39, 0.29) is 5.91 Å². The quantitative estimate of drug-likeness (QED) is 0.811. The summed E-state index contributed by atoms with van der Waals surface area (Å²) in [7, 11) is 0. The topological polar surface area (TPSA) is 20.3 Å². The van der Waals surface area contributed by atoms with Crippen molar-refractivity contribution in [2.24, 2.45) is 0 Å². The summed E-state index contributed by atoms with van der Waals surface area (Å²) in [5, 5.41) is 0. The Morgan fingerprint density at radius 3 is 2.88 bits per heavy atom. The van der Waals surface area contributed by atoms with Crippen LogP contribution in [0.3, 0.4) is 0 Å². The number of carbonyl (C=O) groups excluding carboxylic acids is 1. The lowest BCUT2D eigenvalue weighted by Crippen LogP contribution is -2.39. The first-order chi connectivity index (χ1) is 8.13. The molecule has 2 nitrogen and oxygen atoms in total. The van der Waals surface area contributed by atoms with Gasteiger partial charge in [0, 0.05) is 22.1 Å². The molecule has 2 rings (SSSR count). The van der Waals surface area contributed by atoms with E-state index in [4.69, 9.17) is 0 Å². The van der Waals surface area contributed by atoms with Gasteiger partial charge in [-0.05, 0) is 44.4 Å². The fourth-order valence-corrected chi connectivity index (χ4v) is 3.01. The number of hydrogen-bond donors (Lipinski definition) is 0. The van der Waals surface area contributed by atoms with Crippen LogP contribution in [0.1, 0.15) is 43.5 Å². The van der Waals surface area contributed by atoms with Crippen LogP contribution < -0.4 is 0 Å². The Hall–Kier alpha value is -0.830. The van der Waals surface area contributed by atoms with Crippen molar-refractivity contribution in [1.82, 2.24) is 4.90 Å². The summed E-state index contributed by atoms with van der Waals surface area (Å²) in [4.78, 5) is 14.5. The molecule has 0 spiro atoms. The maximum atomic E-state index is 12.5. The van der Waals surface area contributed by atoms with Crippen LogP contribution in [0, 0.1) is 0 Å². The van der Waals surface area contributed by atoms with Gasteiger partial charge in [-0.3, -0.25) is 4.79 Å². The molecular weight excluding hydrogens is 278 g/mol. The zero-order valence-corrected chi connectivity index (χ0v) is 11.9. The van der Waals surface area contributed by atoms with Crippen LogP contribution in [-0.4, -0.2) is 22.9 Å². The fourth-order valence-electron chi connectivity index (χ4n) is 2.61. The molecule has 17 heavy (non-hydrogen) atoms. The van der Waals surface area contributed by atoms with E-state index in [2.05, 4.69) is 34.7 Å². The largest absolute Gasteiger partial charge is 0.333 e. The number of amides is 1. The summed E-state index contributed by atoms with van der Waals surface area (Å²) in [5.74, 6) is 0.170. The van der Waals surface area contributed by atoms with Crippen LogP contribution in [0.4, 0.5) is 0 Å². The summed E-state index contributed by atoms with van der Waals surface area (Å²) in [5.41, 5.74) is 0.784. The van der Waals surface area contributed by atoms with E-state index in [0.29, 0.717) is 12.1 Å². The zero-order valence-electron chi connectivity index (χ0n) is 10.3. The van der Waals surface area contributed by atoms with Crippen molar-refractivity contribution >= 4 is 21.8 Å². The third-order valence-corrected chi connectivity index (χ3v) is 4.06. The molecule has 1 aliphatic rings. The normalized spacial score (nSPS) is 24.1. The summed E-state index contributed by atoms with van der Waals surface area (Å²) in [6.45, 7) is 4.30. The van der Waals surface area contributed by atoms with Gasteiger partial charge < -0.3 is 4.90 Å². The van der Waals surface area contributed by atoms with Crippen LogP contribution in [0.5, 0.6) is 0 Å². The van der Waals surface area contributed by atoms with E-state index >= 15 is 0 Å². The molecule has 3 heteroatoms. The standard InChI is InChI=1S/C14H18BrNO/c1-3-13-8-7-10(2)16(13)14(17)11-5-4-6-12(15)9-11/h4-6,9-10,13H,3,7-8H2,1-2H3. The van der Waals surface area contributed by atoms with Crippen LogP contribution in [0.25, 0.3) is 0 Å². The van der Waals surface area contributed by atoms with Crippen LogP contribution in [0.15, 0.2) is 28.7 Å². The number of nitrogens with zero attached hydrogens (tertiary/aromatic N) is 1. The molecule has 1 aromatic rings. The third-order valence-electron chi connectivity index (χ3n) is 3.56. The van der Waals surface area contributed by atoms with Gasteiger partial charge >= 0.3 is 0 Å². The van der Waals surface area contributed by atoms with Crippen molar-refractivity contribution in [2.45, 2.75) is 45.2 Å². The molecule has 1 aromatic carbocycles. The maximum Gasteiger partial charge on any atom is 0.254 e. The molecule has 0 aromatic heterocycles. The second kappa shape index (κ2) is 5.21. The van der Waals surface area contributed by atoms with E-state index < -0.39 is 0 Å². The number of carbonyl (C=O) groups is 1. The van der Waals surface area contributed by atoms with Gasteiger partial charge in [-0.25, -0.2) is 0 Å². The molecule has 0 saturated carbocycles. The minimum absolute atomic E-state index is 0.170. The SMILES string of the molecule is CCC1CCC(C)N1C(=O)c1cccc(Br)c1. The Morgan fingerprint density at radius 2 is 2.24 bits per heavy atom. The summed E-state index contributed by atoms with van der Waals surface area (Å²) < 4.78 is 0.961. The summed E-state index contributed by atoms with van der Waals surface area (Å²) in [6, 6.07) is 8.44. The van der Waals surface area contributed by atoms with E-state index in [1.165, 1.54) is 0 Å². The highest BCUT2D eigenvalue weighted by Crippen LogP contribution is 2.28. The lowest BCUT2D eigenvalue weighted by atomic mass is 10.1. The predicted octanol–water partition coefficient (Wildman–Crippen LogP) is 3.85. The number of hydrogen-bond acceptors (Lipinski definition) is 1. The van der Waals surface area contributed by atoms with Crippen molar-refractivity contribution in [3.63, 3.8) is 0 Å². The van der Waals surface area contributed by atoms with Gasteiger partial charge in [0.25, 0.3) is 5.91 Å². The van der Waals surface area contributed by atoms with Crippen LogP contribution in [-0.2, 0) is 0 Å². The van der Waals surface area contributed by atoms with Gasteiger partial charge in [-0.15, -0.1) is 0 Å². The molecule has 0 radical (unpaired) electrons. The number of halogens is 1. The lowest BCUT2D eigenvalue weighted by Gasteiger charge is -2.28. The molecule has 2 unspecified atom stereocenters. The van der Waals surface area contributed by atoms with Gasteiger partial charge in [0.05, 0.1) is 0 Å². The van der Waals surface area contributed by atoms with Crippen LogP contribution >= 0.6 is 15.9 Å². The van der Waals surface area contributed by atoms with E-state index in [1.807, 2.05) is 24.3 Å². The third kappa shape index (κ3) is 2.54. The number of likely N-dealkylation sites (tertiary alicyclic amines) is 1. The van der Waals surface area contributed by atoms with Gasteiger partial charge in [-0.1, -0.05) is 28.9 Å². The molecule has 92 valence electrons. The van der Waals surface area contributed by atoms with Gasteiger partial charge in [-0.2, -0.15) is 0 Å². The smallest absolute Gasteiger partial charge is 0.254 e. The van der Waals surface area contributed by atoms with Gasteiger partial charge in [0.2, 0.25) is 0 Å². The second-order valence-corrected chi connectivity index (χ2v) is 5.63. The highest BCUT2D eigenvalue weighted by Gasteiger charge is 2.33. The molecule has 1 aliphatic heterocycles. The minimum atomic E-state index is 0.170. The van der Waals surface area contributed by atoms with Crippen molar-refractivity contribution in [3.05, 3.63) is 34.3 Å². The molecule has 1 fully saturated rings. The highest BCUT2D eigenvalue weighted by molar-refractivity contribution is 9.10. The van der Waals surface area contributed by atoms with Gasteiger partial charge in [0.15, 0.2) is 0 Å². The molecule has 0 bridgehead atoms. The second-order valence-electron chi connectivity index (χ2n) is 4.71. The molecular formula is C14H18BrNO. The summed E-state index contributed by atoms with van der Waals surface area (Å²) >= 11 is 3.42. The van der Waals surface area contributed by atoms with E-state index in [1.54, 1.807) is 0 Å². The first-order valence-corrected chi connectivity index (χ1v) is 7.01. The minimum Gasteiger partial charge on any atom is -0.333 e. The van der Waals surface area contributed by atoms with Crippen molar-refractivity contribution < 1.29 is 4.79 Å². The first-order valence-electron chi connectivity index (χ1n) is 6.21. The molecule has 1 heterocycles. The fraction of sp³-hybridized carbons (Fsp3) is 0.500. The van der Waals surface area contributed by atoms with E-state index in [0.717, 1.165) is 29.3 Å². The Balaban J connectivity index is 2.24. The average molecular weight is 296 g/mol. The van der Waals surface area contributed by atoms with Crippen LogP contribution in [0.2, 0.25) is 0 Å². The Bertz CT molecular complexity index is 418.